The number of hydrogen-bond acceptors (Lipinski definition) is 6. The van der Waals surface area contributed by atoms with E-state index >= 15 is 0 Å². The molecule has 2 aromatic carbocycles. The maximum Gasteiger partial charge on any atom is 0.244 e. The molecule has 0 aliphatic carbocycles. The van der Waals surface area contributed by atoms with E-state index in [2.05, 4.69) is 4.98 Å². The Hall–Kier alpha value is -2.07. The largest absolute Gasteiger partial charge is 0.308 e. The number of thiazole rings is 1. The molecule has 0 spiro atoms. The van der Waals surface area contributed by atoms with E-state index in [-0.39, 0.29) is 11.4 Å². The molecule has 29 heavy (non-hydrogen) atoms. The number of nitrogens with zero attached hydrogens (tertiary/aromatic N) is 3. The van der Waals surface area contributed by atoms with Crippen molar-refractivity contribution in [3.8, 4) is 0 Å². The normalized spacial score (nSPS) is 11.9. The van der Waals surface area contributed by atoms with Crippen molar-refractivity contribution in [3.05, 3.63) is 53.3 Å². The molecular formula is C19H19ClFN3O3S2. The summed E-state index contributed by atoms with van der Waals surface area (Å²) in [7, 11) is -0.155. The fraction of sp³-hybridized carbons (Fsp3) is 0.263. The van der Waals surface area contributed by atoms with Gasteiger partial charge in [-0.05, 0) is 56.6 Å². The van der Waals surface area contributed by atoms with Crippen LogP contribution in [0.1, 0.15) is 0 Å². The van der Waals surface area contributed by atoms with Crippen LogP contribution in [0.5, 0.6) is 0 Å². The number of sulfone groups is 1. The highest BCUT2D eigenvalue weighted by atomic mass is 35.5. The zero-order chi connectivity index (χ0) is 21.2. The van der Waals surface area contributed by atoms with Crippen molar-refractivity contribution >= 4 is 54.0 Å². The van der Waals surface area contributed by atoms with Gasteiger partial charge in [-0.25, -0.2) is 17.8 Å². The third-order valence-electron chi connectivity index (χ3n) is 4.13. The second kappa shape index (κ2) is 8.74. The molecule has 0 fully saturated rings. The quantitative estimate of drug-likeness (QED) is 0.545. The van der Waals surface area contributed by atoms with E-state index in [9.17, 15) is 17.6 Å². The molecule has 3 rings (SSSR count). The monoisotopic (exact) mass is 455 g/mol. The zero-order valence-corrected chi connectivity index (χ0v) is 18.2. The first-order valence-electron chi connectivity index (χ1n) is 8.65. The summed E-state index contributed by atoms with van der Waals surface area (Å²) in [5, 5.41) is 0.744. The lowest BCUT2D eigenvalue weighted by atomic mass is 10.3. The molecule has 0 saturated carbocycles. The van der Waals surface area contributed by atoms with Crippen molar-refractivity contribution in [2.24, 2.45) is 0 Å². The lowest BCUT2D eigenvalue weighted by molar-refractivity contribution is -0.116. The first kappa shape index (κ1) is 21.6. The standard InChI is InChI=1S/C19H19ClFN3O3S2/c1-23(2)9-10-24(19-22-16-8-5-14(21)11-17(16)28-19)18(25)12-29(26,27)15-6-3-13(20)4-7-15/h3-8,11H,9-10,12H2,1-2H3. The van der Waals surface area contributed by atoms with Crippen LogP contribution in [0.2, 0.25) is 5.02 Å². The van der Waals surface area contributed by atoms with Gasteiger partial charge in [-0.3, -0.25) is 9.69 Å². The molecule has 1 amide bonds. The number of hydrogen-bond donors (Lipinski definition) is 0. The van der Waals surface area contributed by atoms with Crippen LogP contribution in [0.25, 0.3) is 10.2 Å². The molecule has 0 radical (unpaired) electrons. The summed E-state index contributed by atoms with van der Waals surface area (Å²) in [6.45, 7) is 0.765. The smallest absolute Gasteiger partial charge is 0.244 e. The molecule has 0 bridgehead atoms. The SMILES string of the molecule is CN(C)CCN(C(=O)CS(=O)(=O)c1ccc(Cl)cc1)c1nc2ccc(F)cc2s1. The third-order valence-corrected chi connectivity index (χ3v) is 7.04. The Morgan fingerprint density at radius 1 is 1.14 bits per heavy atom. The van der Waals surface area contributed by atoms with Crippen molar-refractivity contribution in [2.75, 3.05) is 37.8 Å². The van der Waals surface area contributed by atoms with Crippen molar-refractivity contribution in [1.29, 1.82) is 0 Å². The highest BCUT2D eigenvalue weighted by Crippen LogP contribution is 2.30. The summed E-state index contributed by atoms with van der Waals surface area (Å²) in [5.74, 6) is -1.70. The van der Waals surface area contributed by atoms with Crippen LogP contribution in [0, 0.1) is 5.82 Å². The van der Waals surface area contributed by atoms with E-state index < -0.39 is 27.3 Å². The molecule has 0 N–H and O–H groups in total. The van der Waals surface area contributed by atoms with Gasteiger partial charge in [0.05, 0.1) is 15.1 Å². The minimum atomic E-state index is -3.85. The Labute approximate surface area is 177 Å². The van der Waals surface area contributed by atoms with Gasteiger partial charge >= 0.3 is 0 Å². The Bertz CT molecular complexity index is 1130. The number of anilines is 1. The summed E-state index contributed by atoms with van der Waals surface area (Å²) in [6, 6.07) is 9.84. The lowest BCUT2D eigenvalue weighted by Gasteiger charge is -2.22. The number of likely N-dealkylation sites (N-methyl/N-ethyl adjacent to an activating group) is 1. The molecular weight excluding hydrogens is 437 g/mol. The highest BCUT2D eigenvalue weighted by Gasteiger charge is 2.26. The summed E-state index contributed by atoms with van der Waals surface area (Å²) in [5.41, 5.74) is 0.551. The highest BCUT2D eigenvalue weighted by molar-refractivity contribution is 7.92. The Balaban J connectivity index is 1.90. The summed E-state index contributed by atoms with van der Waals surface area (Å²) < 4.78 is 39.4. The van der Waals surface area contributed by atoms with Gasteiger partial charge in [0.15, 0.2) is 15.0 Å². The van der Waals surface area contributed by atoms with E-state index in [4.69, 9.17) is 11.6 Å². The van der Waals surface area contributed by atoms with Crippen molar-refractivity contribution in [1.82, 2.24) is 9.88 Å². The van der Waals surface area contributed by atoms with E-state index in [1.807, 2.05) is 19.0 Å². The van der Waals surface area contributed by atoms with Crippen LogP contribution >= 0.6 is 22.9 Å². The van der Waals surface area contributed by atoms with Crippen LogP contribution in [0.15, 0.2) is 47.4 Å². The Morgan fingerprint density at radius 2 is 1.83 bits per heavy atom. The molecule has 0 saturated heterocycles. The first-order valence-corrected chi connectivity index (χ1v) is 11.5. The third kappa shape index (κ3) is 5.30. The summed E-state index contributed by atoms with van der Waals surface area (Å²) in [4.78, 5) is 20.6. The van der Waals surface area contributed by atoms with Gasteiger partial charge < -0.3 is 4.90 Å². The van der Waals surface area contributed by atoms with E-state index in [0.29, 0.717) is 26.9 Å². The maximum atomic E-state index is 13.5. The predicted octanol–water partition coefficient (Wildman–Crippen LogP) is 3.46. The summed E-state index contributed by atoms with van der Waals surface area (Å²) in [6.07, 6.45) is 0. The average Bonchev–Trinajstić information content (AvgIpc) is 3.04. The number of aromatic nitrogens is 1. The van der Waals surface area contributed by atoms with E-state index in [1.54, 1.807) is 0 Å². The second-order valence-corrected chi connectivity index (χ2v) is 10.1. The van der Waals surface area contributed by atoms with Gasteiger partial charge in [0, 0.05) is 18.1 Å². The zero-order valence-electron chi connectivity index (χ0n) is 15.8. The number of carbonyl (C=O) groups excluding carboxylic acids is 1. The van der Waals surface area contributed by atoms with Crippen molar-refractivity contribution < 1.29 is 17.6 Å². The molecule has 0 aliphatic rings. The number of amides is 1. The predicted molar refractivity (Wildman–Crippen MR) is 114 cm³/mol. The van der Waals surface area contributed by atoms with Gasteiger partial charge in [0.25, 0.3) is 0 Å². The van der Waals surface area contributed by atoms with Crippen molar-refractivity contribution in [2.45, 2.75) is 4.90 Å². The Kier molecular flexibility index (Phi) is 6.52. The Morgan fingerprint density at radius 3 is 2.48 bits per heavy atom. The fourth-order valence-electron chi connectivity index (χ4n) is 2.59. The topological polar surface area (TPSA) is 70.6 Å². The molecule has 0 atom stereocenters. The van der Waals surface area contributed by atoms with E-state index in [0.717, 1.165) is 11.3 Å². The summed E-state index contributed by atoms with van der Waals surface area (Å²) >= 11 is 6.96. The molecule has 1 aromatic heterocycles. The van der Waals surface area contributed by atoms with Crippen LogP contribution < -0.4 is 4.90 Å². The van der Waals surface area contributed by atoms with Gasteiger partial charge in [-0.15, -0.1) is 0 Å². The van der Waals surface area contributed by atoms with Gasteiger partial charge in [-0.2, -0.15) is 0 Å². The molecule has 1 heterocycles. The van der Waals surface area contributed by atoms with Gasteiger partial charge in [-0.1, -0.05) is 22.9 Å². The van der Waals surface area contributed by atoms with E-state index in [1.165, 1.54) is 47.4 Å². The lowest BCUT2D eigenvalue weighted by Crippen LogP contribution is -2.40. The maximum absolute atomic E-state index is 13.5. The molecule has 6 nitrogen and oxygen atoms in total. The number of carbonyl (C=O) groups is 1. The number of benzene rings is 2. The van der Waals surface area contributed by atoms with Crippen LogP contribution in [0.4, 0.5) is 9.52 Å². The molecule has 0 aliphatic heterocycles. The minimum Gasteiger partial charge on any atom is -0.308 e. The number of halogens is 2. The second-order valence-electron chi connectivity index (χ2n) is 6.67. The van der Waals surface area contributed by atoms with Gasteiger partial charge in [0.2, 0.25) is 5.91 Å². The van der Waals surface area contributed by atoms with Crippen LogP contribution in [0.3, 0.4) is 0 Å². The van der Waals surface area contributed by atoms with Gasteiger partial charge in [0.1, 0.15) is 11.6 Å². The molecule has 154 valence electrons. The molecule has 10 heteroatoms. The van der Waals surface area contributed by atoms with Crippen molar-refractivity contribution in [3.63, 3.8) is 0 Å². The fourth-order valence-corrected chi connectivity index (χ4v) is 4.95. The van der Waals surface area contributed by atoms with Crippen LogP contribution in [-0.2, 0) is 14.6 Å². The average molecular weight is 456 g/mol. The first-order chi connectivity index (χ1) is 13.7. The number of fused-ring (bicyclic) bond motifs is 1. The minimum absolute atomic E-state index is 0.0224. The molecule has 3 aromatic rings. The molecule has 0 unspecified atom stereocenters. The van der Waals surface area contributed by atoms with Crippen LogP contribution in [-0.4, -0.2) is 57.1 Å². The number of rotatable bonds is 7.